The Kier molecular flexibility index (Phi) is 7.45. The highest BCUT2D eigenvalue weighted by Crippen LogP contribution is 2.25. The number of pyridine rings is 1. The van der Waals surface area contributed by atoms with Crippen LogP contribution in [-0.4, -0.2) is 27.8 Å². The predicted octanol–water partition coefficient (Wildman–Crippen LogP) is 4.01. The van der Waals surface area contributed by atoms with Gasteiger partial charge in [-0.2, -0.15) is 5.10 Å². The lowest BCUT2D eigenvalue weighted by Crippen LogP contribution is -2.15. The largest absolute Gasteiger partial charge is 0.495 e. The first-order valence-corrected chi connectivity index (χ1v) is 8.00. The Balaban J connectivity index is 0.00000182. The fourth-order valence-corrected chi connectivity index (χ4v) is 2.68. The maximum atomic E-state index is 12.6. The van der Waals surface area contributed by atoms with Crippen molar-refractivity contribution in [2.24, 2.45) is 0 Å². The molecule has 27 heavy (non-hydrogen) atoms. The van der Waals surface area contributed by atoms with E-state index in [2.05, 4.69) is 15.4 Å². The Morgan fingerprint density at radius 2 is 1.96 bits per heavy atom. The first kappa shape index (κ1) is 22.5. The number of carbonyl (C=O) groups is 1. The number of amides is 1. The van der Waals surface area contributed by atoms with Gasteiger partial charge in [0.1, 0.15) is 5.75 Å². The first-order chi connectivity index (χ1) is 11.9. The SMILES string of the molecule is COc1ccc(NC(=O)c2cc3cnn(C(C)C)c3nc2C)cc1N.Cl.Cl. The second kappa shape index (κ2) is 8.92. The van der Waals surface area contributed by atoms with Crippen molar-refractivity contribution >= 4 is 53.1 Å². The number of methoxy groups -OCH3 is 1. The van der Waals surface area contributed by atoms with Crippen LogP contribution < -0.4 is 15.8 Å². The molecule has 0 aliphatic heterocycles. The number of nitrogens with zero attached hydrogens (tertiary/aromatic N) is 3. The highest BCUT2D eigenvalue weighted by Gasteiger charge is 2.16. The number of nitrogens with two attached hydrogens (primary N) is 1. The number of hydrogen-bond acceptors (Lipinski definition) is 5. The van der Waals surface area contributed by atoms with Crippen LogP contribution in [0.4, 0.5) is 11.4 Å². The van der Waals surface area contributed by atoms with Crippen molar-refractivity contribution < 1.29 is 9.53 Å². The average molecular weight is 412 g/mol. The van der Waals surface area contributed by atoms with E-state index >= 15 is 0 Å². The number of aromatic nitrogens is 3. The molecular formula is C18H23Cl2N5O2. The fraction of sp³-hybridized carbons (Fsp3) is 0.278. The van der Waals surface area contributed by atoms with E-state index in [4.69, 9.17) is 10.5 Å². The van der Waals surface area contributed by atoms with Crippen LogP contribution in [0.3, 0.4) is 0 Å². The number of rotatable bonds is 4. The van der Waals surface area contributed by atoms with Gasteiger partial charge >= 0.3 is 0 Å². The van der Waals surface area contributed by atoms with E-state index in [1.54, 1.807) is 31.5 Å². The van der Waals surface area contributed by atoms with Crippen LogP contribution in [-0.2, 0) is 0 Å². The van der Waals surface area contributed by atoms with Crippen molar-refractivity contribution in [2.45, 2.75) is 26.8 Å². The summed E-state index contributed by atoms with van der Waals surface area (Å²) in [6.07, 6.45) is 1.73. The van der Waals surface area contributed by atoms with Crippen LogP contribution in [0.15, 0.2) is 30.5 Å². The van der Waals surface area contributed by atoms with Gasteiger partial charge in [-0.1, -0.05) is 0 Å². The molecule has 2 heterocycles. The number of hydrogen-bond donors (Lipinski definition) is 2. The predicted molar refractivity (Wildman–Crippen MR) is 113 cm³/mol. The first-order valence-electron chi connectivity index (χ1n) is 8.00. The number of anilines is 2. The molecule has 1 aromatic carbocycles. The number of benzene rings is 1. The number of nitrogens with one attached hydrogen (secondary N) is 1. The van der Waals surface area contributed by atoms with E-state index in [1.165, 1.54) is 0 Å². The summed E-state index contributed by atoms with van der Waals surface area (Å²) in [5, 5.41) is 8.02. The molecule has 0 fully saturated rings. The molecule has 1 amide bonds. The van der Waals surface area contributed by atoms with Crippen molar-refractivity contribution in [3.63, 3.8) is 0 Å². The number of carbonyl (C=O) groups excluding carboxylic acids is 1. The van der Waals surface area contributed by atoms with Crippen molar-refractivity contribution in [2.75, 3.05) is 18.2 Å². The molecule has 2 aromatic heterocycles. The van der Waals surface area contributed by atoms with E-state index in [0.717, 1.165) is 11.0 Å². The van der Waals surface area contributed by atoms with Gasteiger partial charge in [-0.05, 0) is 45.0 Å². The monoisotopic (exact) mass is 411 g/mol. The molecule has 7 nitrogen and oxygen atoms in total. The minimum atomic E-state index is -0.242. The molecule has 3 N–H and O–H groups in total. The minimum absolute atomic E-state index is 0. The smallest absolute Gasteiger partial charge is 0.257 e. The topological polar surface area (TPSA) is 95.1 Å². The lowest BCUT2D eigenvalue weighted by atomic mass is 10.1. The van der Waals surface area contributed by atoms with Crippen LogP contribution >= 0.6 is 24.8 Å². The van der Waals surface area contributed by atoms with E-state index in [1.807, 2.05) is 31.5 Å². The van der Waals surface area contributed by atoms with E-state index in [-0.39, 0.29) is 36.8 Å². The third kappa shape index (κ3) is 4.43. The van der Waals surface area contributed by atoms with Crippen molar-refractivity contribution in [1.82, 2.24) is 14.8 Å². The van der Waals surface area contributed by atoms with Gasteiger partial charge in [-0.3, -0.25) is 4.79 Å². The van der Waals surface area contributed by atoms with E-state index in [0.29, 0.717) is 28.4 Å². The third-order valence-electron chi connectivity index (χ3n) is 3.98. The zero-order valence-corrected chi connectivity index (χ0v) is 17.1. The summed E-state index contributed by atoms with van der Waals surface area (Å²) < 4.78 is 6.96. The van der Waals surface area contributed by atoms with Gasteiger partial charge in [-0.15, -0.1) is 24.8 Å². The maximum absolute atomic E-state index is 12.6. The molecule has 3 aromatic rings. The Morgan fingerprint density at radius 3 is 2.56 bits per heavy atom. The van der Waals surface area contributed by atoms with Gasteiger partial charge in [0.25, 0.3) is 5.91 Å². The average Bonchev–Trinajstić information content (AvgIpc) is 2.97. The standard InChI is InChI=1S/C18H21N5O2.2ClH/c1-10(2)23-17-12(9-20-23)7-14(11(3)21-17)18(24)22-13-5-6-16(25-4)15(19)8-13;;/h5-10H,19H2,1-4H3,(H,22,24);2*1H. The fourth-order valence-electron chi connectivity index (χ4n) is 2.68. The zero-order valence-electron chi connectivity index (χ0n) is 15.5. The third-order valence-corrected chi connectivity index (χ3v) is 3.98. The second-order valence-electron chi connectivity index (χ2n) is 6.13. The molecule has 0 atom stereocenters. The molecule has 146 valence electrons. The van der Waals surface area contributed by atoms with Crippen LogP contribution in [0.1, 0.15) is 35.9 Å². The molecule has 0 aliphatic carbocycles. The number of nitrogen functional groups attached to an aromatic ring is 1. The molecule has 9 heteroatoms. The summed E-state index contributed by atoms with van der Waals surface area (Å²) in [5.41, 5.74) is 8.87. The highest BCUT2D eigenvalue weighted by molar-refractivity contribution is 6.06. The Hall–Kier alpha value is -2.51. The quantitative estimate of drug-likeness (QED) is 0.632. The normalized spacial score (nSPS) is 10.3. The van der Waals surface area contributed by atoms with Gasteiger partial charge in [0, 0.05) is 17.1 Å². The molecule has 0 unspecified atom stereocenters. The minimum Gasteiger partial charge on any atom is -0.495 e. The summed E-state index contributed by atoms with van der Waals surface area (Å²) in [5.74, 6) is 0.326. The van der Waals surface area contributed by atoms with Crippen LogP contribution in [0.2, 0.25) is 0 Å². The van der Waals surface area contributed by atoms with Gasteiger partial charge in [0.2, 0.25) is 0 Å². The number of aryl methyl sites for hydroxylation is 1. The van der Waals surface area contributed by atoms with E-state index in [9.17, 15) is 4.79 Å². The summed E-state index contributed by atoms with van der Waals surface area (Å²) in [4.78, 5) is 17.2. The lowest BCUT2D eigenvalue weighted by Gasteiger charge is -2.11. The van der Waals surface area contributed by atoms with Gasteiger partial charge in [0.05, 0.1) is 30.3 Å². The molecular weight excluding hydrogens is 389 g/mol. The Labute approximate surface area is 170 Å². The molecule has 0 radical (unpaired) electrons. The highest BCUT2D eigenvalue weighted by atomic mass is 35.5. The zero-order chi connectivity index (χ0) is 18.1. The molecule has 0 bridgehead atoms. The summed E-state index contributed by atoms with van der Waals surface area (Å²) >= 11 is 0. The van der Waals surface area contributed by atoms with Crippen molar-refractivity contribution in [3.05, 3.63) is 41.7 Å². The summed E-state index contributed by atoms with van der Waals surface area (Å²) in [7, 11) is 1.55. The van der Waals surface area contributed by atoms with Gasteiger partial charge in [-0.25, -0.2) is 9.67 Å². The number of fused-ring (bicyclic) bond motifs is 1. The molecule has 0 saturated carbocycles. The molecule has 0 aliphatic rings. The molecule has 3 rings (SSSR count). The van der Waals surface area contributed by atoms with E-state index < -0.39 is 0 Å². The number of halogens is 2. The van der Waals surface area contributed by atoms with Crippen LogP contribution in [0.25, 0.3) is 11.0 Å². The maximum Gasteiger partial charge on any atom is 0.257 e. The van der Waals surface area contributed by atoms with Crippen LogP contribution in [0.5, 0.6) is 5.75 Å². The lowest BCUT2D eigenvalue weighted by molar-refractivity contribution is 0.102. The summed E-state index contributed by atoms with van der Waals surface area (Å²) in [6.45, 7) is 5.89. The van der Waals surface area contributed by atoms with Crippen molar-refractivity contribution in [3.8, 4) is 5.75 Å². The van der Waals surface area contributed by atoms with Crippen molar-refractivity contribution in [1.29, 1.82) is 0 Å². The second-order valence-corrected chi connectivity index (χ2v) is 6.13. The van der Waals surface area contributed by atoms with Gasteiger partial charge < -0.3 is 15.8 Å². The molecule has 0 saturated heterocycles. The van der Waals surface area contributed by atoms with Gasteiger partial charge in [0.15, 0.2) is 5.65 Å². The number of ether oxygens (including phenoxy) is 1. The summed E-state index contributed by atoms with van der Waals surface area (Å²) in [6, 6.07) is 7.13. The Morgan fingerprint density at radius 1 is 1.26 bits per heavy atom. The van der Waals surface area contributed by atoms with Crippen LogP contribution in [0, 0.1) is 6.92 Å². The Bertz CT molecular complexity index is 956. The molecule has 0 spiro atoms.